The number of amides is 1. The Morgan fingerprint density at radius 3 is 2.41 bits per heavy atom. The fraction of sp³-hybridized carbons (Fsp3) is 0.512. The highest BCUT2D eigenvalue weighted by atomic mass is 16.7. The summed E-state index contributed by atoms with van der Waals surface area (Å²) < 4.78 is 17.1. The van der Waals surface area contributed by atoms with E-state index in [1.807, 2.05) is 14.0 Å². The number of phenols is 1. The fourth-order valence-electron chi connectivity index (χ4n) is 6.99. The molecule has 0 aromatic heterocycles. The molecule has 0 saturated carbocycles. The van der Waals surface area contributed by atoms with Crippen LogP contribution in [-0.4, -0.2) is 118 Å². The molecule has 5 aliphatic rings. The zero-order valence-corrected chi connectivity index (χ0v) is 33.0. The molecule has 1 amide bonds. The van der Waals surface area contributed by atoms with Gasteiger partial charge in [-0.2, -0.15) is 5.10 Å². The number of aliphatic hydroxyl groups excluding tert-OH is 1. The normalized spacial score (nSPS) is 30.6. The molecule has 6 atom stereocenters. The average molecular weight is 777 g/mol. The molecule has 1 fully saturated rings. The van der Waals surface area contributed by atoms with Crippen molar-refractivity contribution in [2.24, 2.45) is 16.9 Å². The number of benzene rings is 1. The van der Waals surface area contributed by atoms with Crippen LogP contribution in [0.4, 0.5) is 0 Å². The molecule has 4 aliphatic heterocycles. The number of Topliss-reactive ketones (excluding diaryl/α,β-unsaturated/α-hetero) is 3. The number of hydrogen-bond acceptors (Lipinski definition) is 14. The topological polar surface area (TPSA) is 205 Å². The summed E-state index contributed by atoms with van der Waals surface area (Å²) >= 11 is 0. The molecule has 1 saturated heterocycles. The van der Waals surface area contributed by atoms with Gasteiger partial charge >= 0.3 is 12.3 Å². The highest BCUT2D eigenvalue weighted by Gasteiger charge is 2.46. The SMILES string of the molecule is CC(=O)OC1CC/C=C/OC2Oc3c(C)c(O)c4c(c3C2=O)C(=O)C(/C=N/N2CCN(C)CC2)=C(NC(=O)/C(C)=C\C=C\C(C)(O)C(C)CCC(O)[C@H]1C)C4=O. The molecule has 1 aromatic rings. The van der Waals surface area contributed by atoms with Gasteiger partial charge in [0.2, 0.25) is 11.6 Å². The Morgan fingerprint density at radius 1 is 1.04 bits per heavy atom. The molecule has 4 N–H and O–H groups in total. The van der Waals surface area contributed by atoms with Crippen LogP contribution < -0.4 is 10.1 Å². The number of carbonyl (C=O) groups excluding carboxylic acids is 5. The number of nitrogens with one attached hydrogen (secondary N) is 1. The van der Waals surface area contributed by atoms with Crippen molar-refractivity contribution in [2.45, 2.75) is 91.3 Å². The molecule has 4 heterocycles. The maximum absolute atomic E-state index is 14.5. The van der Waals surface area contributed by atoms with E-state index in [1.165, 1.54) is 51.5 Å². The summed E-state index contributed by atoms with van der Waals surface area (Å²) in [4.78, 5) is 70.3. The Balaban J connectivity index is 1.58. The van der Waals surface area contributed by atoms with Gasteiger partial charge in [0.05, 0.1) is 46.4 Å². The summed E-state index contributed by atoms with van der Waals surface area (Å²) in [5.74, 6) is -5.26. The number of phenolic OH excluding ortho intramolecular Hbond substituents is 1. The number of rotatable bonds is 3. The van der Waals surface area contributed by atoms with Crippen LogP contribution in [-0.2, 0) is 19.1 Å². The zero-order chi connectivity index (χ0) is 41.1. The standard InChI is InChI=1S/C41H52N4O11/c1-22-11-10-15-41(6,53)23(2)13-14-28(47)24(3)29(55-26(5)46)12-8-9-20-54-40-37(51)32-30-31(34(48)25(4)38(32)56-40)36(50)33(43-39(22)52)27(35(30)49)21-42-45-18-16-44(7)17-19-45/h9-11,15,20-21,23-24,28-29,40,47-48,53H,8,12-14,16-19H2,1-7H3,(H,43,52)/b15-10+,20-9+,22-11-,42-21+/t23?,24-,28?,29?,40?,41?/m1/s1. The summed E-state index contributed by atoms with van der Waals surface area (Å²) in [5.41, 5.74) is -3.01. The van der Waals surface area contributed by atoms with Crippen LogP contribution in [0.5, 0.6) is 11.5 Å². The van der Waals surface area contributed by atoms with E-state index in [2.05, 4.69) is 15.3 Å². The van der Waals surface area contributed by atoms with Gasteiger partial charge in [0.25, 0.3) is 5.91 Å². The number of ketones is 3. The molecular weight excluding hydrogens is 724 g/mol. The van der Waals surface area contributed by atoms with Gasteiger partial charge in [0.15, 0.2) is 5.78 Å². The quantitative estimate of drug-likeness (QED) is 0.257. The van der Waals surface area contributed by atoms with E-state index in [-0.39, 0.29) is 39.5 Å². The molecule has 1 aliphatic carbocycles. The van der Waals surface area contributed by atoms with Crippen LogP contribution in [0.3, 0.4) is 0 Å². The average Bonchev–Trinajstić information content (AvgIpc) is 3.48. The number of esters is 1. The first-order valence-corrected chi connectivity index (χ1v) is 18.9. The van der Waals surface area contributed by atoms with Crippen molar-refractivity contribution >= 4 is 35.4 Å². The van der Waals surface area contributed by atoms with Crippen molar-refractivity contribution in [3.63, 3.8) is 0 Å². The lowest BCUT2D eigenvalue weighted by Gasteiger charge is -2.31. The van der Waals surface area contributed by atoms with Crippen LogP contribution >= 0.6 is 0 Å². The van der Waals surface area contributed by atoms with Gasteiger partial charge in [-0.3, -0.25) is 29.0 Å². The van der Waals surface area contributed by atoms with E-state index >= 15 is 0 Å². The number of piperazine rings is 1. The molecule has 5 bridgehead atoms. The minimum absolute atomic E-state index is 0.0178. The van der Waals surface area contributed by atoms with Crippen LogP contribution in [0, 0.1) is 18.8 Å². The zero-order valence-electron chi connectivity index (χ0n) is 33.0. The summed E-state index contributed by atoms with van der Waals surface area (Å²) in [6, 6.07) is 0. The van der Waals surface area contributed by atoms with Crippen molar-refractivity contribution in [1.82, 2.24) is 15.2 Å². The molecule has 302 valence electrons. The number of aromatic hydroxyl groups is 1. The first-order chi connectivity index (χ1) is 26.4. The predicted molar refractivity (Wildman–Crippen MR) is 205 cm³/mol. The van der Waals surface area contributed by atoms with Crippen molar-refractivity contribution in [1.29, 1.82) is 0 Å². The largest absolute Gasteiger partial charge is 0.507 e. The Bertz CT molecular complexity index is 1920. The summed E-state index contributed by atoms with van der Waals surface area (Å²) in [6.07, 6.45) is 6.79. The van der Waals surface area contributed by atoms with E-state index in [4.69, 9.17) is 14.2 Å². The number of fused-ring (bicyclic) bond motifs is 15. The van der Waals surface area contributed by atoms with Crippen LogP contribution in [0.15, 0.2) is 52.5 Å². The monoisotopic (exact) mass is 776 g/mol. The lowest BCUT2D eigenvalue weighted by Crippen LogP contribution is -2.42. The number of hydrazone groups is 1. The Morgan fingerprint density at radius 2 is 1.73 bits per heavy atom. The molecule has 15 heteroatoms. The van der Waals surface area contributed by atoms with E-state index in [1.54, 1.807) is 24.9 Å². The second-order valence-electron chi connectivity index (χ2n) is 15.2. The number of likely N-dealkylation sites (N-methyl/N-ethyl adjacent to an activating group) is 1. The highest BCUT2D eigenvalue weighted by Crippen LogP contribution is 2.46. The molecule has 0 spiro atoms. The molecule has 0 radical (unpaired) electrons. The van der Waals surface area contributed by atoms with Gasteiger partial charge in [-0.25, -0.2) is 0 Å². The van der Waals surface area contributed by atoms with Gasteiger partial charge in [0, 0.05) is 50.2 Å². The van der Waals surface area contributed by atoms with Crippen LogP contribution in [0.1, 0.15) is 96.9 Å². The molecule has 15 nitrogen and oxygen atoms in total. The van der Waals surface area contributed by atoms with Gasteiger partial charge in [-0.1, -0.05) is 32.1 Å². The van der Waals surface area contributed by atoms with Gasteiger partial charge in [-0.05, 0) is 65.5 Å². The number of nitrogens with zero attached hydrogens (tertiary/aromatic N) is 3. The third kappa shape index (κ3) is 8.95. The van der Waals surface area contributed by atoms with Crippen LogP contribution in [0.25, 0.3) is 0 Å². The summed E-state index contributed by atoms with van der Waals surface area (Å²) in [6.45, 7) is 11.9. The van der Waals surface area contributed by atoms with Crippen LogP contribution in [0.2, 0.25) is 0 Å². The van der Waals surface area contributed by atoms with E-state index < -0.39 is 76.3 Å². The number of ether oxygens (including phenoxy) is 3. The van der Waals surface area contributed by atoms with Gasteiger partial charge < -0.3 is 39.7 Å². The Hall–Kier alpha value is -5.12. The minimum Gasteiger partial charge on any atom is -0.507 e. The lowest BCUT2D eigenvalue weighted by atomic mass is 9.81. The second kappa shape index (κ2) is 17.3. The molecule has 6 rings (SSSR count). The predicted octanol–water partition coefficient (Wildman–Crippen LogP) is 3.51. The minimum atomic E-state index is -1.55. The number of hydrogen-bond donors (Lipinski definition) is 4. The lowest BCUT2D eigenvalue weighted by molar-refractivity contribution is -0.151. The summed E-state index contributed by atoms with van der Waals surface area (Å²) in [7, 11) is 1.97. The van der Waals surface area contributed by atoms with Crippen molar-refractivity contribution in [3.05, 3.63) is 69.7 Å². The number of aliphatic hydroxyl groups is 2. The summed E-state index contributed by atoms with van der Waals surface area (Å²) in [5, 5.41) is 42.5. The van der Waals surface area contributed by atoms with Gasteiger partial charge in [-0.15, -0.1) is 0 Å². The van der Waals surface area contributed by atoms with E-state index in [9.17, 15) is 39.3 Å². The third-order valence-corrected chi connectivity index (χ3v) is 11.1. The molecule has 5 unspecified atom stereocenters. The van der Waals surface area contributed by atoms with E-state index in [0.29, 0.717) is 51.9 Å². The number of carbonyl (C=O) groups is 5. The maximum atomic E-state index is 14.5. The van der Waals surface area contributed by atoms with E-state index in [0.717, 1.165) is 0 Å². The molecule has 56 heavy (non-hydrogen) atoms. The van der Waals surface area contributed by atoms with Crippen molar-refractivity contribution in [2.75, 3.05) is 33.2 Å². The maximum Gasteiger partial charge on any atom is 0.304 e. The third-order valence-electron chi connectivity index (χ3n) is 11.1. The Labute approximate surface area is 326 Å². The first-order valence-electron chi connectivity index (χ1n) is 18.9. The molecular formula is C41H52N4O11. The van der Waals surface area contributed by atoms with Crippen molar-refractivity contribution < 1.29 is 53.5 Å². The second-order valence-corrected chi connectivity index (χ2v) is 15.2. The van der Waals surface area contributed by atoms with Crippen molar-refractivity contribution in [3.8, 4) is 11.5 Å². The number of allylic oxidation sites excluding steroid dienone is 5. The highest BCUT2D eigenvalue weighted by molar-refractivity contribution is 6.37. The van der Waals surface area contributed by atoms with Gasteiger partial charge in [0.1, 0.15) is 23.3 Å². The fourth-order valence-corrected chi connectivity index (χ4v) is 6.99. The first kappa shape index (κ1) is 42.0. The molecule has 1 aromatic carbocycles. The smallest absolute Gasteiger partial charge is 0.304 e. The Kier molecular flexibility index (Phi) is 13.0.